The minimum atomic E-state index is -0.572. The van der Waals surface area contributed by atoms with Gasteiger partial charge in [-0.05, 0) is 36.1 Å². The van der Waals surface area contributed by atoms with Gasteiger partial charge in [0.1, 0.15) is 12.4 Å². The number of aryl methyl sites for hydroxylation is 2. The Balaban J connectivity index is 1.92. The van der Waals surface area contributed by atoms with E-state index >= 15 is 0 Å². The zero-order chi connectivity index (χ0) is 20.1. The van der Waals surface area contributed by atoms with Crippen LogP contribution in [0.1, 0.15) is 30.5 Å². The number of ether oxygens (including phenoxy) is 2. The van der Waals surface area contributed by atoms with Crippen molar-refractivity contribution in [2.24, 2.45) is 0 Å². The molecular formula is C23H23ClFNO2. The van der Waals surface area contributed by atoms with E-state index in [0.29, 0.717) is 5.75 Å². The van der Waals surface area contributed by atoms with Gasteiger partial charge in [0, 0.05) is 23.4 Å². The zero-order valence-corrected chi connectivity index (χ0v) is 17.0. The highest BCUT2D eigenvalue weighted by Crippen LogP contribution is 2.32. The molecule has 0 spiro atoms. The topological polar surface area (TPSA) is 31.4 Å². The van der Waals surface area contributed by atoms with Crippen molar-refractivity contribution in [2.45, 2.75) is 33.3 Å². The number of halogens is 2. The van der Waals surface area contributed by atoms with Crippen molar-refractivity contribution in [1.82, 2.24) is 4.98 Å². The van der Waals surface area contributed by atoms with Crippen molar-refractivity contribution in [3.8, 4) is 22.8 Å². The Morgan fingerprint density at radius 1 is 0.964 bits per heavy atom. The van der Waals surface area contributed by atoms with Gasteiger partial charge in [-0.2, -0.15) is 0 Å². The Labute approximate surface area is 170 Å². The van der Waals surface area contributed by atoms with Gasteiger partial charge in [0.25, 0.3) is 0 Å². The summed E-state index contributed by atoms with van der Waals surface area (Å²) in [4.78, 5) is 4.65. The van der Waals surface area contributed by atoms with Gasteiger partial charge in [0.05, 0.1) is 17.8 Å². The smallest absolute Gasteiger partial charge is 0.183 e. The first-order chi connectivity index (χ1) is 13.6. The number of pyridine rings is 1. The molecule has 3 nitrogen and oxygen atoms in total. The number of hydrogen-bond acceptors (Lipinski definition) is 3. The van der Waals surface area contributed by atoms with Crippen LogP contribution in [0.3, 0.4) is 0 Å². The molecule has 3 rings (SSSR count). The summed E-state index contributed by atoms with van der Waals surface area (Å²) in [5.74, 6) is 0.181. The molecule has 2 aromatic carbocycles. The predicted octanol–water partition coefficient (Wildman–Crippen LogP) is 6.25. The average Bonchev–Trinajstić information content (AvgIpc) is 2.74. The third-order valence-corrected chi connectivity index (χ3v) is 5.01. The van der Waals surface area contributed by atoms with E-state index in [1.54, 1.807) is 25.4 Å². The quantitative estimate of drug-likeness (QED) is 0.470. The molecule has 0 aliphatic carbocycles. The van der Waals surface area contributed by atoms with Crippen LogP contribution in [-0.4, -0.2) is 12.1 Å². The lowest BCUT2D eigenvalue weighted by molar-refractivity contribution is 0.282. The minimum absolute atomic E-state index is 0.0289. The number of benzene rings is 2. The Kier molecular flexibility index (Phi) is 6.53. The molecule has 0 fully saturated rings. The molecule has 0 N–H and O–H groups in total. The van der Waals surface area contributed by atoms with Gasteiger partial charge < -0.3 is 9.47 Å². The maximum absolute atomic E-state index is 14.0. The highest BCUT2D eigenvalue weighted by Gasteiger charge is 2.14. The molecule has 0 saturated carbocycles. The summed E-state index contributed by atoms with van der Waals surface area (Å²) in [6.07, 6.45) is 3.57. The molecule has 1 heterocycles. The lowest BCUT2D eigenvalue weighted by atomic mass is 9.94. The number of methoxy groups -OCH3 is 1. The maximum Gasteiger partial charge on any atom is 0.183 e. The lowest BCUT2D eigenvalue weighted by Gasteiger charge is -2.16. The second-order valence-electron chi connectivity index (χ2n) is 6.38. The summed E-state index contributed by atoms with van der Waals surface area (Å²) in [5.41, 5.74) is 5.25. The molecule has 0 bridgehead atoms. The molecule has 28 heavy (non-hydrogen) atoms. The van der Waals surface area contributed by atoms with Crippen LogP contribution in [0.15, 0.2) is 48.7 Å². The van der Waals surface area contributed by atoms with Crippen LogP contribution in [0.25, 0.3) is 11.3 Å². The van der Waals surface area contributed by atoms with Crippen LogP contribution in [0.4, 0.5) is 4.39 Å². The van der Waals surface area contributed by atoms with E-state index in [9.17, 15) is 4.39 Å². The molecule has 0 aliphatic rings. The van der Waals surface area contributed by atoms with Crippen LogP contribution in [0, 0.1) is 5.82 Å². The summed E-state index contributed by atoms with van der Waals surface area (Å²) >= 11 is 5.81. The molecular weight excluding hydrogens is 377 g/mol. The molecule has 146 valence electrons. The van der Waals surface area contributed by atoms with E-state index in [0.717, 1.165) is 29.7 Å². The number of nitrogens with zero attached hydrogens (tertiary/aromatic N) is 1. The largest absolute Gasteiger partial charge is 0.496 e. The van der Waals surface area contributed by atoms with Gasteiger partial charge in [0.2, 0.25) is 0 Å². The fraction of sp³-hybridized carbons (Fsp3) is 0.261. The Hall–Kier alpha value is -2.59. The van der Waals surface area contributed by atoms with Crippen molar-refractivity contribution in [1.29, 1.82) is 0 Å². The van der Waals surface area contributed by atoms with Gasteiger partial charge in [-0.15, -0.1) is 0 Å². The van der Waals surface area contributed by atoms with E-state index in [4.69, 9.17) is 21.1 Å². The average molecular weight is 400 g/mol. The summed E-state index contributed by atoms with van der Waals surface area (Å²) in [7, 11) is 1.61. The fourth-order valence-corrected chi connectivity index (χ4v) is 3.39. The molecule has 0 amide bonds. The molecule has 3 aromatic rings. The Bertz CT molecular complexity index is 953. The molecule has 1 aromatic heterocycles. The molecule has 0 saturated heterocycles. The first-order valence-corrected chi connectivity index (χ1v) is 9.67. The summed E-state index contributed by atoms with van der Waals surface area (Å²) < 4.78 is 25.2. The fourth-order valence-electron chi connectivity index (χ4n) is 3.22. The first kappa shape index (κ1) is 20.2. The van der Waals surface area contributed by atoms with E-state index in [-0.39, 0.29) is 17.4 Å². The van der Waals surface area contributed by atoms with Gasteiger partial charge >= 0.3 is 0 Å². The molecule has 5 heteroatoms. The normalized spacial score (nSPS) is 10.8. The third kappa shape index (κ3) is 4.12. The minimum Gasteiger partial charge on any atom is -0.496 e. The van der Waals surface area contributed by atoms with E-state index < -0.39 is 5.82 Å². The highest BCUT2D eigenvalue weighted by molar-refractivity contribution is 6.30. The van der Waals surface area contributed by atoms with E-state index in [2.05, 4.69) is 37.0 Å². The summed E-state index contributed by atoms with van der Waals surface area (Å²) in [6.45, 7) is 4.40. The van der Waals surface area contributed by atoms with Crippen molar-refractivity contribution in [3.63, 3.8) is 0 Å². The van der Waals surface area contributed by atoms with Crippen LogP contribution in [0.5, 0.6) is 11.5 Å². The zero-order valence-electron chi connectivity index (χ0n) is 16.3. The van der Waals surface area contributed by atoms with Crippen LogP contribution in [0.2, 0.25) is 5.02 Å². The second kappa shape index (κ2) is 9.07. The third-order valence-electron chi connectivity index (χ3n) is 4.72. The number of aromatic nitrogens is 1. The second-order valence-corrected chi connectivity index (χ2v) is 6.79. The standard InChI is InChI=1S/C23H23ClFNO2/c1-4-15-8-6-9-16(5-2)22(15)19-12-21(27-3)17(13-26-19)14-28-20-11-7-10-18(24)23(20)25/h6-13H,4-5,14H2,1-3H3. The number of rotatable bonds is 7. The first-order valence-electron chi connectivity index (χ1n) is 9.29. The van der Waals surface area contributed by atoms with Crippen LogP contribution < -0.4 is 9.47 Å². The van der Waals surface area contributed by atoms with Gasteiger partial charge in [-0.1, -0.05) is 49.7 Å². The van der Waals surface area contributed by atoms with Crippen molar-refractivity contribution >= 4 is 11.6 Å². The number of hydrogen-bond donors (Lipinski definition) is 0. The van der Waals surface area contributed by atoms with Crippen LogP contribution in [-0.2, 0) is 19.4 Å². The van der Waals surface area contributed by atoms with Gasteiger partial charge in [-0.25, -0.2) is 4.39 Å². The summed E-state index contributed by atoms with van der Waals surface area (Å²) in [5, 5.41) is 0.0289. The predicted molar refractivity (Wildman–Crippen MR) is 111 cm³/mol. The van der Waals surface area contributed by atoms with E-state index in [1.165, 1.54) is 17.2 Å². The molecule has 0 atom stereocenters. The monoisotopic (exact) mass is 399 g/mol. The van der Waals surface area contributed by atoms with Crippen molar-refractivity contribution in [3.05, 3.63) is 76.2 Å². The maximum atomic E-state index is 14.0. The SMILES string of the molecule is CCc1cccc(CC)c1-c1cc(OC)c(COc2cccc(Cl)c2F)cn1. The van der Waals surface area contributed by atoms with Crippen LogP contribution >= 0.6 is 11.6 Å². The summed E-state index contributed by atoms with van der Waals surface area (Å²) in [6, 6.07) is 12.9. The Morgan fingerprint density at radius 3 is 2.29 bits per heavy atom. The molecule has 0 radical (unpaired) electrons. The lowest BCUT2D eigenvalue weighted by Crippen LogP contribution is -2.03. The van der Waals surface area contributed by atoms with Gasteiger partial charge in [0.15, 0.2) is 11.6 Å². The van der Waals surface area contributed by atoms with Gasteiger partial charge in [-0.3, -0.25) is 4.98 Å². The highest BCUT2D eigenvalue weighted by atomic mass is 35.5. The van der Waals surface area contributed by atoms with E-state index in [1.807, 2.05) is 6.07 Å². The van der Waals surface area contributed by atoms with Crippen molar-refractivity contribution in [2.75, 3.05) is 7.11 Å². The Morgan fingerprint density at radius 2 is 1.64 bits per heavy atom. The van der Waals surface area contributed by atoms with Crippen molar-refractivity contribution < 1.29 is 13.9 Å². The molecule has 0 unspecified atom stereocenters. The molecule has 0 aliphatic heterocycles.